The molecule has 0 fully saturated rings. The largest absolute Gasteiger partial charge is 0.324 e. The molecule has 90 valence electrons. The fourth-order valence-electron chi connectivity index (χ4n) is 1.24. The lowest BCUT2D eigenvalue weighted by atomic mass is 10.3. The van der Waals surface area contributed by atoms with Gasteiger partial charge in [-0.15, -0.1) is 23.4 Å². The maximum Gasteiger partial charge on any atom is 0.239 e. The van der Waals surface area contributed by atoms with Crippen LogP contribution >= 0.6 is 23.4 Å². The highest BCUT2D eigenvalue weighted by Gasteiger charge is 2.09. The second kappa shape index (κ2) is 7.21. The summed E-state index contributed by atoms with van der Waals surface area (Å²) < 4.78 is 0. The van der Waals surface area contributed by atoms with Gasteiger partial charge in [-0.2, -0.15) is 5.26 Å². The first-order chi connectivity index (χ1) is 8.17. The third-order valence-electron chi connectivity index (χ3n) is 1.99. The number of thioether (sulfide) groups is 1. The summed E-state index contributed by atoms with van der Waals surface area (Å²) in [5, 5.41) is 11.5. The van der Waals surface area contributed by atoms with Crippen molar-refractivity contribution in [3.05, 3.63) is 24.3 Å². The number of carbonyl (C=O) groups is 1. The first kappa shape index (κ1) is 13.9. The Hall–Kier alpha value is -1.18. The lowest BCUT2D eigenvalue weighted by molar-refractivity contribution is -0.113. The summed E-state index contributed by atoms with van der Waals surface area (Å²) in [6.45, 7) is 1.98. The van der Waals surface area contributed by atoms with Gasteiger partial charge >= 0.3 is 0 Å². The fourth-order valence-corrected chi connectivity index (χ4v) is 2.30. The van der Waals surface area contributed by atoms with Crippen molar-refractivity contribution in [2.75, 3.05) is 11.2 Å². The van der Waals surface area contributed by atoms with E-state index in [0.717, 1.165) is 10.6 Å². The van der Waals surface area contributed by atoms with E-state index in [2.05, 4.69) is 11.4 Å². The molecule has 0 spiro atoms. The third-order valence-corrected chi connectivity index (χ3v) is 3.41. The Kier molecular flexibility index (Phi) is 5.88. The molecule has 0 bridgehead atoms. The van der Waals surface area contributed by atoms with E-state index in [1.807, 2.05) is 31.2 Å². The molecule has 0 unspecified atom stereocenters. The summed E-state index contributed by atoms with van der Waals surface area (Å²) in [7, 11) is 0. The van der Waals surface area contributed by atoms with Gasteiger partial charge in [-0.25, -0.2) is 0 Å². The van der Waals surface area contributed by atoms with E-state index in [1.54, 1.807) is 11.8 Å². The first-order valence-corrected chi connectivity index (χ1v) is 6.57. The van der Waals surface area contributed by atoms with Crippen molar-refractivity contribution in [1.29, 1.82) is 5.26 Å². The van der Waals surface area contributed by atoms with Crippen LogP contribution in [0, 0.1) is 11.3 Å². The molecule has 1 rings (SSSR count). The summed E-state index contributed by atoms with van der Waals surface area (Å²) in [5.74, 6) is -0.292. The number of para-hydroxylation sites is 1. The van der Waals surface area contributed by atoms with Gasteiger partial charge in [0.15, 0.2) is 0 Å². The van der Waals surface area contributed by atoms with Gasteiger partial charge in [0.05, 0.1) is 11.8 Å². The SMILES string of the molecule is C[C@H](CC#N)Sc1ccccc1NC(=O)CCl. The molecule has 5 heteroatoms. The van der Waals surface area contributed by atoms with Crippen LogP contribution in [0.3, 0.4) is 0 Å². The number of alkyl halides is 1. The van der Waals surface area contributed by atoms with E-state index in [9.17, 15) is 4.79 Å². The Morgan fingerprint density at radius 2 is 2.29 bits per heavy atom. The second-order valence-corrected chi connectivity index (χ2v) is 5.22. The molecule has 1 aromatic rings. The lowest BCUT2D eigenvalue weighted by Gasteiger charge is -2.12. The van der Waals surface area contributed by atoms with Gasteiger partial charge in [0.25, 0.3) is 0 Å². The number of nitrogens with zero attached hydrogens (tertiary/aromatic N) is 1. The third kappa shape index (κ3) is 4.68. The second-order valence-electron chi connectivity index (χ2n) is 3.47. The average Bonchev–Trinajstić information content (AvgIpc) is 2.31. The number of hydrogen-bond acceptors (Lipinski definition) is 3. The molecular formula is C12H13ClN2OS. The van der Waals surface area contributed by atoms with Gasteiger partial charge in [0.1, 0.15) is 5.88 Å². The minimum atomic E-state index is -0.229. The summed E-state index contributed by atoms with van der Waals surface area (Å²) in [6.07, 6.45) is 0.475. The summed E-state index contributed by atoms with van der Waals surface area (Å²) in [6, 6.07) is 9.62. The van der Waals surface area contributed by atoms with E-state index in [0.29, 0.717) is 6.42 Å². The van der Waals surface area contributed by atoms with E-state index in [4.69, 9.17) is 16.9 Å². The van der Waals surface area contributed by atoms with Gasteiger partial charge in [0, 0.05) is 16.6 Å². The highest BCUT2D eigenvalue weighted by atomic mass is 35.5. The van der Waals surface area contributed by atoms with Gasteiger partial charge < -0.3 is 5.32 Å². The zero-order valence-electron chi connectivity index (χ0n) is 9.44. The number of anilines is 1. The predicted molar refractivity (Wildman–Crippen MR) is 71.3 cm³/mol. The molecule has 1 amide bonds. The smallest absolute Gasteiger partial charge is 0.239 e. The van der Waals surface area contributed by atoms with Gasteiger partial charge in [-0.1, -0.05) is 19.1 Å². The van der Waals surface area contributed by atoms with Crippen molar-refractivity contribution in [2.45, 2.75) is 23.5 Å². The van der Waals surface area contributed by atoms with Crippen molar-refractivity contribution >= 4 is 35.0 Å². The maximum absolute atomic E-state index is 11.2. The van der Waals surface area contributed by atoms with E-state index < -0.39 is 0 Å². The van der Waals surface area contributed by atoms with Gasteiger partial charge in [-0.3, -0.25) is 4.79 Å². The number of amides is 1. The number of nitrogens with one attached hydrogen (secondary N) is 1. The monoisotopic (exact) mass is 268 g/mol. The van der Waals surface area contributed by atoms with Crippen LogP contribution in [0.5, 0.6) is 0 Å². The van der Waals surface area contributed by atoms with Crippen molar-refractivity contribution in [3.63, 3.8) is 0 Å². The first-order valence-electron chi connectivity index (χ1n) is 5.15. The van der Waals surface area contributed by atoms with Gasteiger partial charge in [0.2, 0.25) is 5.91 Å². The van der Waals surface area contributed by atoms with Gasteiger partial charge in [-0.05, 0) is 12.1 Å². The van der Waals surface area contributed by atoms with Crippen molar-refractivity contribution in [3.8, 4) is 6.07 Å². The van der Waals surface area contributed by atoms with Crippen molar-refractivity contribution in [1.82, 2.24) is 0 Å². The predicted octanol–water partition coefficient (Wildman–Crippen LogP) is 3.26. The molecule has 0 aliphatic carbocycles. The van der Waals surface area contributed by atoms with Crippen LogP contribution in [0.25, 0.3) is 0 Å². The minimum Gasteiger partial charge on any atom is -0.324 e. The molecule has 1 N–H and O–H groups in total. The Balaban J connectivity index is 2.77. The Morgan fingerprint density at radius 3 is 2.94 bits per heavy atom. The minimum absolute atomic E-state index is 0.0627. The molecule has 0 heterocycles. The Bertz CT molecular complexity index is 431. The average molecular weight is 269 g/mol. The van der Waals surface area contributed by atoms with E-state index >= 15 is 0 Å². The fraction of sp³-hybridized carbons (Fsp3) is 0.333. The summed E-state index contributed by atoms with van der Waals surface area (Å²) in [4.78, 5) is 12.2. The summed E-state index contributed by atoms with van der Waals surface area (Å²) in [5.41, 5.74) is 0.743. The molecule has 1 atom stereocenters. The number of carbonyl (C=O) groups excluding carboxylic acids is 1. The highest BCUT2D eigenvalue weighted by Crippen LogP contribution is 2.31. The van der Waals surface area contributed by atoms with Crippen molar-refractivity contribution in [2.24, 2.45) is 0 Å². The molecule has 1 aromatic carbocycles. The lowest BCUT2D eigenvalue weighted by Crippen LogP contribution is -2.13. The molecule has 0 aliphatic heterocycles. The van der Waals surface area contributed by atoms with Crippen LogP contribution in [0.2, 0.25) is 0 Å². The molecule has 0 aromatic heterocycles. The van der Waals surface area contributed by atoms with E-state index in [-0.39, 0.29) is 17.0 Å². The van der Waals surface area contributed by atoms with Crippen LogP contribution in [0.4, 0.5) is 5.69 Å². The van der Waals surface area contributed by atoms with Crippen molar-refractivity contribution < 1.29 is 4.79 Å². The highest BCUT2D eigenvalue weighted by molar-refractivity contribution is 8.00. The van der Waals surface area contributed by atoms with Crippen LogP contribution in [-0.2, 0) is 4.79 Å². The number of nitriles is 1. The molecular weight excluding hydrogens is 256 g/mol. The molecule has 0 aliphatic rings. The molecule has 0 radical (unpaired) electrons. The standard InChI is InChI=1S/C12H13ClN2OS/c1-9(6-7-14)17-11-5-3-2-4-10(11)15-12(16)8-13/h2-5,9H,6,8H2,1H3,(H,15,16)/t9-/m1/s1. The van der Waals surface area contributed by atoms with Crippen LogP contribution in [-0.4, -0.2) is 17.0 Å². The normalized spacial score (nSPS) is 11.6. The topological polar surface area (TPSA) is 52.9 Å². The quantitative estimate of drug-likeness (QED) is 0.659. The number of rotatable bonds is 5. The molecule has 0 saturated heterocycles. The maximum atomic E-state index is 11.2. The van der Waals surface area contributed by atoms with Crippen LogP contribution in [0.15, 0.2) is 29.2 Å². The summed E-state index contributed by atoms with van der Waals surface area (Å²) >= 11 is 7.01. The molecule has 3 nitrogen and oxygen atoms in total. The van der Waals surface area contributed by atoms with E-state index in [1.165, 1.54) is 0 Å². The molecule has 0 saturated carbocycles. The zero-order valence-corrected chi connectivity index (χ0v) is 11.0. The van der Waals surface area contributed by atoms with Crippen LogP contribution in [0.1, 0.15) is 13.3 Å². The Labute approximate surface area is 110 Å². The van der Waals surface area contributed by atoms with Crippen LogP contribution < -0.4 is 5.32 Å². The zero-order chi connectivity index (χ0) is 12.7. The number of hydrogen-bond donors (Lipinski definition) is 1. The number of benzene rings is 1. The Morgan fingerprint density at radius 1 is 1.59 bits per heavy atom. The molecule has 17 heavy (non-hydrogen) atoms. The number of halogens is 1.